The van der Waals surface area contributed by atoms with Gasteiger partial charge in [0.2, 0.25) is 0 Å². The Balaban J connectivity index is 2.22. The number of carbonyl (C=O) groups is 1. The Kier molecular flexibility index (Phi) is 4.11. The molecule has 0 saturated carbocycles. The Bertz CT molecular complexity index is 708. The fraction of sp³-hybridized carbons (Fsp3) is 0.286. The Labute approximate surface area is 124 Å². The van der Waals surface area contributed by atoms with E-state index in [4.69, 9.17) is 4.74 Å². The minimum Gasteiger partial charge on any atom is -0.496 e. The summed E-state index contributed by atoms with van der Waals surface area (Å²) < 4.78 is 43.8. The summed E-state index contributed by atoms with van der Waals surface area (Å²) in [5, 5.41) is 5.97. The van der Waals surface area contributed by atoms with Gasteiger partial charge in [-0.2, -0.15) is 18.3 Å². The number of hydrogen-bond donors (Lipinski definition) is 1. The molecule has 0 spiro atoms. The number of ether oxygens (including phenoxy) is 1. The van der Waals surface area contributed by atoms with Crippen molar-refractivity contribution in [3.05, 3.63) is 41.1 Å². The monoisotopic (exact) mass is 313 g/mol. The lowest BCUT2D eigenvalue weighted by atomic mass is 10.1. The highest BCUT2D eigenvalue weighted by Gasteiger charge is 2.35. The van der Waals surface area contributed by atoms with Gasteiger partial charge in [0.05, 0.1) is 7.11 Å². The normalized spacial score (nSPS) is 11.4. The minimum absolute atomic E-state index is 0.167. The molecule has 0 aliphatic heterocycles. The molecule has 118 valence electrons. The number of alkyl halides is 3. The molecule has 0 bridgehead atoms. The van der Waals surface area contributed by atoms with Gasteiger partial charge < -0.3 is 10.1 Å². The van der Waals surface area contributed by atoms with Crippen molar-refractivity contribution < 1.29 is 22.7 Å². The van der Waals surface area contributed by atoms with Crippen LogP contribution in [0.4, 0.5) is 19.0 Å². The lowest BCUT2D eigenvalue weighted by Crippen LogP contribution is -2.12. The molecule has 0 saturated heterocycles. The number of benzene rings is 1. The molecule has 5 nitrogen and oxygen atoms in total. The molecule has 1 aromatic heterocycles. The number of nitrogens with zero attached hydrogens (tertiary/aromatic N) is 2. The summed E-state index contributed by atoms with van der Waals surface area (Å²) >= 11 is 0. The zero-order valence-electron chi connectivity index (χ0n) is 12.2. The van der Waals surface area contributed by atoms with Gasteiger partial charge in [-0.25, -0.2) is 0 Å². The van der Waals surface area contributed by atoms with Crippen LogP contribution in [-0.4, -0.2) is 22.8 Å². The van der Waals surface area contributed by atoms with Crippen molar-refractivity contribution in [3.8, 4) is 5.75 Å². The second-order valence-electron chi connectivity index (χ2n) is 4.67. The zero-order valence-corrected chi connectivity index (χ0v) is 12.2. The van der Waals surface area contributed by atoms with Gasteiger partial charge in [0, 0.05) is 18.7 Å². The number of aryl methyl sites for hydroxylation is 2. The minimum atomic E-state index is -4.53. The fourth-order valence-corrected chi connectivity index (χ4v) is 1.94. The van der Waals surface area contributed by atoms with Gasteiger partial charge in [-0.15, -0.1) is 0 Å². The molecule has 0 aliphatic carbocycles. The molecule has 8 heteroatoms. The van der Waals surface area contributed by atoms with E-state index in [1.807, 2.05) is 6.92 Å². The molecule has 1 amide bonds. The van der Waals surface area contributed by atoms with Crippen LogP contribution in [-0.2, 0) is 13.2 Å². The molecule has 0 atom stereocenters. The average Bonchev–Trinajstić information content (AvgIpc) is 2.80. The van der Waals surface area contributed by atoms with E-state index in [2.05, 4.69) is 10.4 Å². The predicted molar refractivity (Wildman–Crippen MR) is 73.9 cm³/mol. The third-order valence-electron chi connectivity index (χ3n) is 3.08. The summed E-state index contributed by atoms with van der Waals surface area (Å²) in [6, 6.07) is 5.54. The van der Waals surface area contributed by atoms with Gasteiger partial charge in [0.15, 0.2) is 5.82 Å². The molecule has 1 heterocycles. The van der Waals surface area contributed by atoms with Crippen LogP contribution in [0.15, 0.2) is 24.3 Å². The van der Waals surface area contributed by atoms with Crippen molar-refractivity contribution >= 4 is 11.7 Å². The molecule has 0 unspecified atom stereocenters. The van der Waals surface area contributed by atoms with E-state index in [9.17, 15) is 18.0 Å². The molecular formula is C14H14F3N3O2. The number of carbonyl (C=O) groups excluding carboxylic acids is 1. The molecule has 0 fully saturated rings. The molecule has 22 heavy (non-hydrogen) atoms. The second kappa shape index (κ2) is 5.70. The van der Waals surface area contributed by atoms with Crippen molar-refractivity contribution in [1.29, 1.82) is 0 Å². The first-order valence-corrected chi connectivity index (χ1v) is 6.29. The number of aromatic nitrogens is 2. The van der Waals surface area contributed by atoms with Crippen LogP contribution < -0.4 is 10.1 Å². The summed E-state index contributed by atoms with van der Waals surface area (Å²) in [5.41, 5.74) is 0.169. The van der Waals surface area contributed by atoms with Crippen molar-refractivity contribution in [3.63, 3.8) is 0 Å². The summed E-state index contributed by atoms with van der Waals surface area (Å²) in [5.74, 6) is -0.214. The van der Waals surface area contributed by atoms with E-state index in [-0.39, 0.29) is 11.4 Å². The molecule has 0 radical (unpaired) electrons. The summed E-state index contributed by atoms with van der Waals surface area (Å²) in [7, 11) is 2.63. The first-order chi connectivity index (χ1) is 10.2. The van der Waals surface area contributed by atoms with E-state index in [1.54, 1.807) is 12.1 Å². The third kappa shape index (κ3) is 3.21. The van der Waals surface area contributed by atoms with Crippen LogP contribution >= 0.6 is 0 Å². The number of amides is 1. The molecule has 0 aliphatic rings. The zero-order chi connectivity index (χ0) is 16.5. The quantitative estimate of drug-likeness (QED) is 0.947. The van der Waals surface area contributed by atoms with E-state index in [0.717, 1.165) is 18.7 Å². The van der Waals surface area contributed by atoms with Crippen molar-refractivity contribution in [2.45, 2.75) is 13.1 Å². The van der Waals surface area contributed by atoms with Crippen LogP contribution in [0.3, 0.4) is 0 Å². The van der Waals surface area contributed by atoms with Crippen molar-refractivity contribution in [2.24, 2.45) is 7.05 Å². The van der Waals surface area contributed by atoms with Gasteiger partial charge in [-0.1, -0.05) is 6.07 Å². The number of rotatable bonds is 3. The number of hydrogen-bond acceptors (Lipinski definition) is 3. The van der Waals surface area contributed by atoms with Gasteiger partial charge in [-0.05, 0) is 24.6 Å². The third-order valence-corrected chi connectivity index (χ3v) is 3.08. The maximum Gasteiger partial charge on any atom is 0.433 e. The van der Waals surface area contributed by atoms with Crippen LogP contribution in [0.25, 0.3) is 0 Å². The van der Waals surface area contributed by atoms with Crippen molar-refractivity contribution in [1.82, 2.24) is 9.78 Å². The second-order valence-corrected chi connectivity index (χ2v) is 4.67. The maximum atomic E-state index is 12.7. The Hall–Kier alpha value is -2.51. The lowest BCUT2D eigenvalue weighted by molar-refractivity contribution is -0.143. The first kappa shape index (κ1) is 15.9. The highest BCUT2D eigenvalue weighted by molar-refractivity contribution is 6.04. The number of methoxy groups -OCH3 is 1. The van der Waals surface area contributed by atoms with Gasteiger partial charge in [0.25, 0.3) is 5.91 Å². The van der Waals surface area contributed by atoms with E-state index in [0.29, 0.717) is 10.4 Å². The topological polar surface area (TPSA) is 56.1 Å². The molecular weight excluding hydrogens is 299 g/mol. The van der Waals surface area contributed by atoms with Crippen LogP contribution in [0.1, 0.15) is 21.6 Å². The molecule has 1 N–H and O–H groups in total. The van der Waals surface area contributed by atoms with E-state index < -0.39 is 17.8 Å². The largest absolute Gasteiger partial charge is 0.496 e. The van der Waals surface area contributed by atoms with Crippen LogP contribution in [0.2, 0.25) is 0 Å². The first-order valence-electron chi connectivity index (χ1n) is 6.29. The number of nitrogens with one attached hydrogen (secondary N) is 1. The average molecular weight is 313 g/mol. The highest BCUT2D eigenvalue weighted by Crippen LogP contribution is 2.30. The van der Waals surface area contributed by atoms with Gasteiger partial charge >= 0.3 is 6.18 Å². The van der Waals surface area contributed by atoms with E-state index >= 15 is 0 Å². The summed E-state index contributed by atoms with van der Waals surface area (Å²) in [6.45, 7) is 1.81. The maximum absolute atomic E-state index is 12.7. The van der Waals surface area contributed by atoms with Crippen LogP contribution in [0, 0.1) is 6.92 Å². The van der Waals surface area contributed by atoms with Gasteiger partial charge in [0.1, 0.15) is 11.4 Å². The highest BCUT2D eigenvalue weighted by atomic mass is 19.4. The van der Waals surface area contributed by atoms with Gasteiger partial charge in [-0.3, -0.25) is 9.48 Å². The lowest BCUT2D eigenvalue weighted by Gasteiger charge is -2.07. The molecule has 2 rings (SSSR count). The number of halogens is 3. The fourth-order valence-electron chi connectivity index (χ4n) is 1.94. The summed E-state index contributed by atoms with van der Waals surface area (Å²) in [4.78, 5) is 12.1. The Morgan fingerprint density at radius 3 is 2.55 bits per heavy atom. The summed E-state index contributed by atoms with van der Waals surface area (Å²) in [6.07, 6.45) is -4.53. The van der Waals surface area contributed by atoms with E-state index in [1.165, 1.54) is 13.2 Å². The Morgan fingerprint density at radius 2 is 2.00 bits per heavy atom. The SMILES string of the molecule is COc1cc(C(=O)Nc2cc(C(F)(F)F)n(C)n2)ccc1C. The standard InChI is InChI=1S/C14H14F3N3O2/c1-8-4-5-9(6-10(8)22-3)13(21)18-12-7-11(14(15,16)17)20(2)19-12/h4-7H,1-3H3,(H,18,19,21). The molecule has 1 aromatic carbocycles. The molecule has 2 aromatic rings. The predicted octanol–water partition coefficient (Wildman–Crippen LogP) is 3.01. The Morgan fingerprint density at radius 1 is 1.32 bits per heavy atom. The van der Waals surface area contributed by atoms with Crippen LogP contribution in [0.5, 0.6) is 5.75 Å². The number of anilines is 1. The smallest absolute Gasteiger partial charge is 0.433 e. The van der Waals surface area contributed by atoms with Crippen molar-refractivity contribution in [2.75, 3.05) is 12.4 Å².